The van der Waals surface area contributed by atoms with Crippen molar-refractivity contribution in [2.24, 2.45) is 11.8 Å². The SMILES string of the molecule is CC(C)CNCCC(C)N1CCC(C)C1. The van der Waals surface area contributed by atoms with Gasteiger partial charge in [0.15, 0.2) is 0 Å². The molecule has 90 valence electrons. The third kappa shape index (κ3) is 4.98. The molecule has 2 unspecified atom stereocenters. The summed E-state index contributed by atoms with van der Waals surface area (Å²) in [5.41, 5.74) is 0. The fourth-order valence-corrected chi connectivity index (χ4v) is 2.25. The zero-order valence-corrected chi connectivity index (χ0v) is 10.9. The number of nitrogens with zero attached hydrogens (tertiary/aromatic N) is 1. The zero-order valence-electron chi connectivity index (χ0n) is 10.9. The fraction of sp³-hybridized carbons (Fsp3) is 1.00. The lowest BCUT2D eigenvalue weighted by Crippen LogP contribution is -2.34. The van der Waals surface area contributed by atoms with E-state index in [9.17, 15) is 0 Å². The minimum Gasteiger partial charge on any atom is -0.316 e. The van der Waals surface area contributed by atoms with Gasteiger partial charge in [0.1, 0.15) is 0 Å². The summed E-state index contributed by atoms with van der Waals surface area (Å²) >= 11 is 0. The molecule has 15 heavy (non-hydrogen) atoms. The quantitative estimate of drug-likeness (QED) is 0.680. The van der Waals surface area contributed by atoms with E-state index in [-0.39, 0.29) is 0 Å². The highest BCUT2D eigenvalue weighted by atomic mass is 15.2. The molecular formula is C13H28N2. The highest BCUT2D eigenvalue weighted by Crippen LogP contribution is 2.18. The molecule has 0 aliphatic carbocycles. The van der Waals surface area contributed by atoms with Gasteiger partial charge in [0.25, 0.3) is 0 Å². The molecule has 0 bridgehead atoms. The largest absolute Gasteiger partial charge is 0.316 e. The Labute approximate surface area is 95.4 Å². The van der Waals surface area contributed by atoms with Crippen molar-refractivity contribution in [3.63, 3.8) is 0 Å². The molecule has 2 atom stereocenters. The van der Waals surface area contributed by atoms with Gasteiger partial charge in [-0.2, -0.15) is 0 Å². The number of hydrogen-bond acceptors (Lipinski definition) is 2. The first-order valence-electron chi connectivity index (χ1n) is 6.54. The van der Waals surface area contributed by atoms with Crippen molar-refractivity contribution in [1.29, 1.82) is 0 Å². The summed E-state index contributed by atoms with van der Waals surface area (Å²) in [5.74, 6) is 1.68. The van der Waals surface area contributed by atoms with E-state index in [0.29, 0.717) is 0 Å². The normalized spacial score (nSPS) is 25.0. The first-order valence-corrected chi connectivity index (χ1v) is 6.54. The Morgan fingerprint density at radius 1 is 1.33 bits per heavy atom. The van der Waals surface area contributed by atoms with Crippen LogP contribution < -0.4 is 5.32 Å². The van der Waals surface area contributed by atoms with E-state index in [2.05, 4.69) is 37.9 Å². The molecule has 1 rings (SSSR count). The molecule has 1 saturated heterocycles. The van der Waals surface area contributed by atoms with Crippen LogP contribution in [0.1, 0.15) is 40.5 Å². The van der Waals surface area contributed by atoms with Crippen LogP contribution in [-0.2, 0) is 0 Å². The summed E-state index contributed by atoms with van der Waals surface area (Å²) in [7, 11) is 0. The van der Waals surface area contributed by atoms with Gasteiger partial charge in [0.2, 0.25) is 0 Å². The summed E-state index contributed by atoms with van der Waals surface area (Å²) in [5, 5.41) is 3.52. The van der Waals surface area contributed by atoms with Gasteiger partial charge in [-0.15, -0.1) is 0 Å². The highest BCUT2D eigenvalue weighted by molar-refractivity contribution is 4.77. The van der Waals surface area contributed by atoms with Crippen molar-refractivity contribution < 1.29 is 0 Å². The van der Waals surface area contributed by atoms with Crippen LogP contribution in [0.15, 0.2) is 0 Å². The summed E-state index contributed by atoms with van der Waals surface area (Å²) < 4.78 is 0. The molecule has 0 spiro atoms. The topological polar surface area (TPSA) is 15.3 Å². The Morgan fingerprint density at radius 2 is 2.07 bits per heavy atom. The van der Waals surface area contributed by atoms with Crippen molar-refractivity contribution >= 4 is 0 Å². The van der Waals surface area contributed by atoms with Gasteiger partial charge in [-0.1, -0.05) is 20.8 Å². The minimum atomic E-state index is 0.759. The Balaban J connectivity index is 2.05. The molecule has 1 aliphatic heterocycles. The lowest BCUT2D eigenvalue weighted by atomic mass is 10.1. The predicted molar refractivity (Wildman–Crippen MR) is 67.1 cm³/mol. The van der Waals surface area contributed by atoms with Gasteiger partial charge in [0.05, 0.1) is 0 Å². The molecule has 2 nitrogen and oxygen atoms in total. The predicted octanol–water partition coefficient (Wildman–Crippen LogP) is 2.35. The summed E-state index contributed by atoms with van der Waals surface area (Å²) in [4.78, 5) is 2.64. The van der Waals surface area contributed by atoms with Crippen LogP contribution in [-0.4, -0.2) is 37.1 Å². The van der Waals surface area contributed by atoms with Crippen LogP contribution in [0.25, 0.3) is 0 Å². The first-order chi connectivity index (χ1) is 7.09. The van der Waals surface area contributed by atoms with Gasteiger partial charge in [-0.3, -0.25) is 0 Å². The van der Waals surface area contributed by atoms with E-state index in [1.165, 1.54) is 32.5 Å². The lowest BCUT2D eigenvalue weighted by Gasteiger charge is -2.24. The van der Waals surface area contributed by atoms with Crippen molar-refractivity contribution in [3.8, 4) is 0 Å². The van der Waals surface area contributed by atoms with E-state index in [4.69, 9.17) is 0 Å². The molecule has 0 amide bonds. The molecular weight excluding hydrogens is 184 g/mol. The number of rotatable bonds is 6. The first kappa shape index (κ1) is 13.0. The lowest BCUT2D eigenvalue weighted by molar-refractivity contribution is 0.238. The summed E-state index contributed by atoms with van der Waals surface area (Å²) in [6.07, 6.45) is 2.68. The average molecular weight is 212 g/mol. The van der Waals surface area contributed by atoms with Crippen LogP contribution in [0.4, 0.5) is 0 Å². The summed E-state index contributed by atoms with van der Waals surface area (Å²) in [6.45, 7) is 14.2. The van der Waals surface area contributed by atoms with Gasteiger partial charge in [-0.25, -0.2) is 0 Å². The second-order valence-electron chi connectivity index (χ2n) is 5.62. The van der Waals surface area contributed by atoms with E-state index in [1.807, 2.05) is 0 Å². The molecule has 1 fully saturated rings. The van der Waals surface area contributed by atoms with E-state index in [0.717, 1.165) is 24.4 Å². The van der Waals surface area contributed by atoms with Crippen molar-refractivity contribution in [1.82, 2.24) is 10.2 Å². The van der Waals surface area contributed by atoms with E-state index in [1.54, 1.807) is 0 Å². The van der Waals surface area contributed by atoms with Crippen LogP contribution in [0.5, 0.6) is 0 Å². The standard InChI is InChI=1S/C13H28N2/c1-11(2)9-14-7-5-13(4)15-8-6-12(3)10-15/h11-14H,5-10H2,1-4H3. The smallest absolute Gasteiger partial charge is 0.00791 e. The Hall–Kier alpha value is -0.0800. The third-order valence-electron chi connectivity index (χ3n) is 3.37. The molecule has 1 aliphatic rings. The Morgan fingerprint density at radius 3 is 2.60 bits per heavy atom. The fourth-order valence-electron chi connectivity index (χ4n) is 2.25. The zero-order chi connectivity index (χ0) is 11.3. The maximum atomic E-state index is 3.52. The second-order valence-corrected chi connectivity index (χ2v) is 5.62. The summed E-state index contributed by atoms with van der Waals surface area (Å²) in [6, 6.07) is 0.759. The van der Waals surface area contributed by atoms with Gasteiger partial charge in [-0.05, 0) is 51.2 Å². The molecule has 0 aromatic carbocycles. The number of nitrogens with one attached hydrogen (secondary N) is 1. The van der Waals surface area contributed by atoms with Crippen LogP contribution in [0.3, 0.4) is 0 Å². The van der Waals surface area contributed by atoms with Crippen molar-refractivity contribution in [2.75, 3.05) is 26.2 Å². The number of likely N-dealkylation sites (tertiary alicyclic amines) is 1. The molecule has 0 aromatic heterocycles. The molecule has 2 heteroatoms. The monoisotopic (exact) mass is 212 g/mol. The van der Waals surface area contributed by atoms with E-state index < -0.39 is 0 Å². The third-order valence-corrected chi connectivity index (χ3v) is 3.37. The van der Waals surface area contributed by atoms with Gasteiger partial charge < -0.3 is 10.2 Å². The molecule has 0 saturated carbocycles. The van der Waals surface area contributed by atoms with Crippen LogP contribution in [0, 0.1) is 11.8 Å². The van der Waals surface area contributed by atoms with Gasteiger partial charge in [0, 0.05) is 12.6 Å². The maximum Gasteiger partial charge on any atom is 0.00791 e. The van der Waals surface area contributed by atoms with E-state index >= 15 is 0 Å². The second kappa shape index (κ2) is 6.49. The Bertz CT molecular complexity index is 168. The maximum absolute atomic E-state index is 3.52. The molecule has 0 radical (unpaired) electrons. The van der Waals surface area contributed by atoms with Crippen LogP contribution in [0.2, 0.25) is 0 Å². The highest BCUT2D eigenvalue weighted by Gasteiger charge is 2.22. The van der Waals surface area contributed by atoms with Crippen molar-refractivity contribution in [2.45, 2.75) is 46.6 Å². The average Bonchev–Trinajstić information content (AvgIpc) is 2.59. The van der Waals surface area contributed by atoms with Gasteiger partial charge >= 0.3 is 0 Å². The van der Waals surface area contributed by atoms with Crippen molar-refractivity contribution in [3.05, 3.63) is 0 Å². The molecule has 0 aromatic rings. The minimum absolute atomic E-state index is 0.759. The van der Waals surface area contributed by atoms with Crippen LogP contribution >= 0.6 is 0 Å². The Kier molecular flexibility index (Phi) is 5.62. The molecule has 1 N–H and O–H groups in total. The number of hydrogen-bond donors (Lipinski definition) is 1. The molecule has 1 heterocycles.